The van der Waals surface area contributed by atoms with E-state index in [9.17, 15) is 0 Å². The lowest BCUT2D eigenvalue weighted by atomic mass is 10.2. The van der Waals surface area contributed by atoms with E-state index in [0.29, 0.717) is 0 Å². The Labute approximate surface area is 84.7 Å². The average molecular weight is 197 g/mol. The summed E-state index contributed by atoms with van der Waals surface area (Å²) in [6.45, 7) is 2.78. The third-order valence-corrected chi connectivity index (χ3v) is 1.96. The van der Waals surface area contributed by atoms with E-state index < -0.39 is 0 Å². The highest BCUT2D eigenvalue weighted by atomic mass is 32.1. The number of thiol groups is 1. The summed E-state index contributed by atoms with van der Waals surface area (Å²) in [6, 6.07) is 7.97. The van der Waals surface area contributed by atoms with Crippen molar-refractivity contribution in [2.75, 3.05) is 7.11 Å². The van der Waals surface area contributed by atoms with Crippen molar-refractivity contribution >= 4 is 12.6 Å². The molecular formula is C10H15NOS. The Morgan fingerprint density at radius 2 is 2.15 bits per heavy atom. The van der Waals surface area contributed by atoms with Crippen LogP contribution in [0.4, 0.5) is 0 Å². The van der Waals surface area contributed by atoms with Crippen molar-refractivity contribution in [3.05, 3.63) is 29.8 Å². The Morgan fingerprint density at radius 1 is 1.46 bits per heavy atom. The van der Waals surface area contributed by atoms with E-state index in [-0.39, 0.29) is 5.37 Å². The number of nitrogens with one attached hydrogen (secondary N) is 1. The molecule has 72 valence electrons. The molecule has 2 nitrogen and oxygen atoms in total. The Hall–Kier alpha value is -0.670. The SMILES string of the molecule is COc1ccccc1CNC(C)S. The molecule has 0 fully saturated rings. The van der Waals surface area contributed by atoms with Crippen molar-refractivity contribution in [3.8, 4) is 5.75 Å². The van der Waals surface area contributed by atoms with Gasteiger partial charge in [0.1, 0.15) is 5.75 Å². The first-order valence-electron chi connectivity index (χ1n) is 4.27. The lowest BCUT2D eigenvalue weighted by Crippen LogP contribution is -2.20. The fourth-order valence-corrected chi connectivity index (χ4v) is 1.20. The molecule has 0 saturated carbocycles. The van der Waals surface area contributed by atoms with E-state index >= 15 is 0 Å². The van der Waals surface area contributed by atoms with Crippen molar-refractivity contribution in [1.29, 1.82) is 0 Å². The monoisotopic (exact) mass is 197 g/mol. The van der Waals surface area contributed by atoms with E-state index in [1.54, 1.807) is 7.11 Å². The predicted octanol–water partition coefficient (Wildman–Crippen LogP) is 2.06. The lowest BCUT2D eigenvalue weighted by Gasteiger charge is -2.10. The van der Waals surface area contributed by atoms with E-state index in [0.717, 1.165) is 17.9 Å². The highest BCUT2D eigenvalue weighted by molar-refractivity contribution is 7.80. The van der Waals surface area contributed by atoms with Crippen LogP contribution < -0.4 is 10.1 Å². The average Bonchev–Trinajstić information content (AvgIpc) is 2.15. The second kappa shape index (κ2) is 5.14. The molecule has 0 saturated heterocycles. The Morgan fingerprint density at radius 3 is 2.77 bits per heavy atom. The summed E-state index contributed by atoms with van der Waals surface area (Å²) in [6.07, 6.45) is 0. The highest BCUT2D eigenvalue weighted by Crippen LogP contribution is 2.16. The number of hydrogen-bond donors (Lipinski definition) is 2. The van der Waals surface area contributed by atoms with Gasteiger partial charge in [-0.15, -0.1) is 0 Å². The molecule has 13 heavy (non-hydrogen) atoms. The summed E-state index contributed by atoms with van der Waals surface area (Å²) >= 11 is 4.24. The van der Waals surface area contributed by atoms with E-state index in [2.05, 4.69) is 17.9 Å². The van der Waals surface area contributed by atoms with E-state index in [1.807, 2.05) is 31.2 Å². The van der Waals surface area contributed by atoms with Gasteiger partial charge in [0.2, 0.25) is 0 Å². The normalized spacial score (nSPS) is 12.5. The zero-order valence-electron chi connectivity index (χ0n) is 7.95. The van der Waals surface area contributed by atoms with Gasteiger partial charge in [-0.25, -0.2) is 0 Å². The Bertz CT molecular complexity index is 263. The van der Waals surface area contributed by atoms with Crippen LogP contribution in [0.1, 0.15) is 12.5 Å². The van der Waals surface area contributed by atoms with Gasteiger partial charge in [0.05, 0.1) is 7.11 Å². The molecule has 0 aromatic heterocycles. The van der Waals surface area contributed by atoms with Gasteiger partial charge < -0.3 is 10.1 Å². The summed E-state index contributed by atoms with van der Waals surface area (Å²) in [4.78, 5) is 0. The van der Waals surface area contributed by atoms with E-state index in [1.165, 1.54) is 0 Å². The van der Waals surface area contributed by atoms with Gasteiger partial charge in [-0.1, -0.05) is 18.2 Å². The van der Waals surface area contributed by atoms with Crippen LogP contribution >= 0.6 is 12.6 Å². The minimum Gasteiger partial charge on any atom is -0.496 e. The fourth-order valence-electron chi connectivity index (χ4n) is 1.11. The van der Waals surface area contributed by atoms with Crippen molar-refractivity contribution in [1.82, 2.24) is 5.32 Å². The van der Waals surface area contributed by atoms with Gasteiger partial charge in [-0.3, -0.25) is 0 Å². The standard InChI is InChI=1S/C10H15NOS/c1-8(13)11-7-9-5-3-4-6-10(9)12-2/h3-6,8,11,13H,7H2,1-2H3. The van der Waals surface area contributed by atoms with Crippen molar-refractivity contribution in [2.45, 2.75) is 18.8 Å². The third kappa shape index (κ3) is 3.28. The quantitative estimate of drug-likeness (QED) is 0.569. The molecule has 0 amide bonds. The van der Waals surface area contributed by atoms with Gasteiger partial charge in [0.25, 0.3) is 0 Å². The summed E-state index contributed by atoms with van der Waals surface area (Å²) < 4.78 is 5.21. The van der Waals surface area contributed by atoms with Crippen LogP contribution in [0, 0.1) is 0 Å². The lowest BCUT2D eigenvalue weighted by molar-refractivity contribution is 0.407. The van der Waals surface area contributed by atoms with Crippen LogP contribution in [0.2, 0.25) is 0 Å². The second-order valence-electron chi connectivity index (χ2n) is 2.87. The van der Waals surface area contributed by atoms with Gasteiger partial charge in [-0.2, -0.15) is 12.6 Å². The molecular weight excluding hydrogens is 182 g/mol. The molecule has 0 heterocycles. The molecule has 3 heteroatoms. The summed E-state index contributed by atoms with van der Waals surface area (Å²) in [7, 11) is 1.68. The van der Waals surface area contributed by atoms with Crippen molar-refractivity contribution < 1.29 is 4.74 Å². The molecule has 0 aliphatic heterocycles. The number of hydrogen-bond acceptors (Lipinski definition) is 3. The van der Waals surface area contributed by atoms with Crippen LogP contribution in [-0.4, -0.2) is 12.5 Å². The minimum atomic E-state index is 0.199. The van der Waals surface area contributed by atoms with Crippen LogP contribution in [0.25, 0.3) is 0 Å². The number of benzene rings is 1. The van der Waals surface area contributed by atoms with Crippen LogP contribution in [-0.2, 0) is 6.54 Å². The molecule has 1 aromatic carbocycles. The highest BCUT2D eigenvalue weighted by Gasteiger charge is 2.01. The first-order chi connectivity index (χ1) is 6.24. The fraction of sp³-hybridized carbons (Fsp3) is 0.400. The van der Waals surface area contributed by atoms with Gasteiger partial charge in [0.15, 0.2) is 0 Å². The summed E-state index contributed by atoms with van der Waals surface area (Å²) in [5, 5.41) is 3.42. The minimum absolute atomic E-state index is 0.199. The van der Waals surface area contributed by atoms with Gasteiger partial charge >= 0.3 is 0 Å². The molecule has 0 radical (unpaired) electrons. The number of rotatable bonds is 4. The smallest absolute Gasteiger partial charge is 0.123 e. The van der Waals surface area contributed by atoms with Crippen LogP contribution in [0.3, 0.4) is 0 Å². The predicted molar refractivity (Wildman–Crippen MR) is 58.3 cm³/mol. The third-order valence-electron chi connectivity index (χ3n) is 1.78. The maximum absolute atomic E-state index is 5.21. The maximum Gasteiger partial charge on any atom is 0.123 e. The first-order valence-corrected chi connectivity index (χ1v) is 4.79. The molecule has 1 rings (SSSR count). The summed E-state index contributed by atoms with van der Waals surface area (Å²) in [5.74, 6) is 0.920. The number of methoxy groups -OCH3 is 1. The molecule has 0 spiro atoms. The van der Waals surface area contributed by atoms with Crippen LogP contribution in [0.5, 0.6) is 5.75 Å². The van der Waals surface area contributed by atoms with Crippen molar-refractivity contribution in [2.24, 2.45) is 0 Å². The molecule has 1 unspecified atom stereocenters. The zero-order valence-corrected chi connectivity index (χ0v) is 8.84. The maximum atomic E-state index is 5.21. The van der Waals surface area contributed by atoms with Gasteiger partial charge in [0, 0.05) is 17.5 Å². The van der Waals surface area contributed by atoms with Crippen LogP contribution in [0.15, 0.2) is 24.3 Å². The molecule has 0 aliphatic rings. The molecule has 0 aliphatic carbocycles. The largest absolute Gasteiger partial charge is 0.496 e. The topological polar surface area (TPSA) is 21.3 Å². The first kappa shape index (κ1) is 10.4. The zero-order chi connectivity index (χ0) is 9.68. The summed E-state index contributed by atoms with van der Waals surface area (Å²) in [5.41, 5.74) is 1.16. The van der Waals surface area contributed by atoms with E-state index in [4.69, 9.17) is 4.74 Å². The molecule has 0 bridgehead atoms. The number of para-hydroxylation sites is 1. The molecule has 1 aromatic rings. The second-order valence-corrected chi connectivity index (χ2v) is 3.64. The van der Waals surface area contributed by atoms with Crippen molar-refractivity contribution in [3.63, 3.8) is 0 Å². The molecule has 1 atom stereocenters. The molecule has 1 N–H and O–H groups in total. The van der Waals surface area contributed by atoms with Gasteiger partial charge in [-0.05, 0) is 13.0 Å². The Balaban J connectivity index is 2.64. The number of ether oxygens (including phenoxy) is 1. The Kier molecular flexibility index (Phi) is 4.12.